The van der Waals surface area contributed by atoms with Crippen molar-refractivity contribution < 1.29 is 9.53 Å². The van der Waals surface area contributed by atoms with Gasteiger partial charge >= 0.3 is 0 Å². The van der Waals surface area contributed by atoms with Crippen LogP contribution in [0.1, 0.15) is 20.8 Å². The van der Waals surface area contributed by atoms with Gasteiger partial charge in [-0.2, -0.15) is 0 Å². The van der Waals surface area contributed by atoms with Crippen molar-refractivity contribution in [2.75, 3.05) is 13.1 Å². The minimum atomic E-state index is -0.182. The van der Waals surface area contributed by atoms with Crippen LogP contribution in [0.2, 0.25) is 0 Å². The van der Waals surface area contributed by atoms with Crippen LogP contribution in [0.15, 0.2) is 0 Å². The number of hydrogen-bond acceptors (Lipinski definition) is 2. The van der Waals surface area contributed by atoms with Crippen LogP contribution in [0.4, 0.5) is 0 Å². The lowest BCUT2D eigenvalue weighted by Gasteiger charge is -2.39. The van der Waals surface area contributed by atoms with Crippen molar-refractivity contribution in [1.29, 1.82) is 0 Å². The largest absolute Gasteiger partial charge is 0.369 e. The molecule has 0 radical (unpaired) electrons. The Balaban J connectivity index is 2.57. The van der Waals surface area contributed by atoms with Crippen molar-refractivity contribution in [2.24, 2.45) is 0 Å². The number of amides is 1. The highest BCUT2D eigenvalue weighted by Crippen LogP contribution is 2.19. The summed E-state index contributed by atoms with van der Waals surface area (Å²) in [5, 5.41) is 0. The molecule has 11 heavy (non-hydrogen) atoms. The van der Waals surface area contributed by atoms with Gasteiger partial charge in [0.15, 0.2) is 0 Å². The lowest BCUT2D eigenvalue weighted by Crippen LogP contribution is -2.51. The molecule has 0 aliphatic carbocycles. The Kier molecular flexibility index (Phi) is 2.18. The predicted molar refractivity (Wildman–Crippen MR) is 42.3 cm³/mol. The van der Waals surface area contributed by atoms with Crippen molar-refractivity contribution in [1.82, 2.24) is 4.90 Å². The smallest absolute Gasteiger partial charge is 0.209 e. The number of nitrogens with zero attached hydrogens (tertiary/aromatic N) is 1. The Morgan fingerprint density at radius 1 is 1.64 bits per heavy atom. The molecule has 1 amide bonds. The van der Waals surface area contributed by atoms with Gasteiger partial charge in [0.1, 0.15) is 0 Å². The Morgan fingerprint density at radius 2 is 2.27 bits per heavy atom. The van der Waals surface area contributed by atoms with Crippen LogP contribution in [-0.4, -0.2) is 36.1 Å². The highest BCUT2D eigenvalue weighted by molar-refractivity contribution is 5.47. The lowest BCUT2D eigenvalue weighted by atomic mass is 10.1. The first-order chi connectivity index (χ1) is 5.03. The lowest BCUT2D eigenvalue weighted by molar-refractivity contribution is -0.147. The van der Waals surface area contributed by atoms with Gasteiger partial charge in [-0.25, -0.2) is 0 Å². The van der Waals surface area contributed by atoms with E-state index >= 15 is 0 Å². The summed E-state index contributed by atoms with van der Waals surface area (Å²) in [5.74, 6) is 0. The zero-order valence-electron chi connectivity index (χ0n) is 7.33. The summed E-state index contributed by atoms with van der Waals surface area (Å²) >= 11 is 0. The molecule has 1 atom stereocenters. The van der Waals surface area contributed by atoms with Gasteiger partial charge in [0.05, 0.1) is 11.7 Å². The molecule has 3 nitrogen and oxygen atoms in total. The molecule has 1 rings (SSSR count). The zero-order chi connectivity index (χ0) is 8.48. The first-order valence-electron chi connectivity index (χ1n) is 3.91. The van der Waals surface area contributed by atoms with Crippen LogP contribution in [0.25, 0.3) is 0 Å². The van der Waals surface area contributed by atoms with Gasteiger partial charge in [-0.1, -0.05) is 0 Å². The Hall–Kier alpha value is -0.570. The summed E-state index contributed by atoms with van der Waals surface area (Å²) in [6, 6.07) is 0. The van der Waals surface area contributed by atoms with Gasteiger partial charge in [0.2, 0.25) is 6.41 Å². The maximum Gasteiger partial charge on any atom is 0.209 e. The third kappa shape index (κ3) is 2.19. The van der Waals surface area contributed by atoms with E-state index in [1.165, 1.54) is 0 Å². The molecule has 64 valence electrons. The molecule has 0 N–H and O–H groups in total. The summed E-state index contributed by atoms with van der Waals surface area (Å²) < 4.78 is 5.61. The van der Waals surface area contributed by atoms with Crippen LogP contribution >= 0.6 is 0 Å². The highest BCUT2D eigenvalue weighted by atomic mass is 16.5. The van der Waals surface area contributed by atoms with Gasteiger partial charge in [-0.3, -0.25) is 4.79 Å². The van der Waals surface area contributed by atoms with E-state index < -0.39 is 0 Å². The van der Waals surface area contributed by atoms with Crippen LogP contribution in [0, 0.1) is 0 Å². The summed E-state index contributed by atoms with van der Waals surface area (Å²) in [5.41, 5.74) is -0.182. The Labute approximate surface area is 67.3 Å². The van der Waals surface area contributed by atoms with Crippen molar-refractivity contribution in [3.05, 3.63) is 0 Å². The van der Waals surface area contributed by atoms with Crippen molar-refractivity contribution >= 4 is 6.41 Å². The van der Waals surface area contributed by atoms with Gasteiger partial charge in [0, 0.05) is 13.1 Å². The second kappa shape index (κ2) is 2.81. The van der Waals surface area contributed by atoms with Crippen LogP contribution in [-0.2, 0) is 9.53 Å². The normalized spacial score (nSPS) is 30.1. The molecule has 1 unspecified atom stereocenters. The minimum absolute atomic E-state index is 0.156. The number of morpholine rings is 1. The first-order valence-corrected chi connectivity index (χ1v) is 3.91. The number of ether oxygens (including phenoxy) is 1. The van der Waals surface area contributed by atoms with E-state index in [1.54, 1.807) is 4.90 Å². The van der Waals surface area contributed by atoms with E-state index in [9.17, 15) is 4.79 Å². The van der Waals surface area contributed by atoms with E-state index in [0.29, 0.717) is 13.1 Å². The maximum atomic E-state index is 10.5. The second-order valence-corrected chi connectivity index (χ2v) is 3.72. The quantitative estimate of drug-likeness (QED) is 0.523. The van der Waals surface area contributed by atoms with E-state index in [-0.39, 0.29) is 11.7 Å². The molecule has 0 aromatic carbocycles. The molecule has 0 aromatic rings. The predicted octanol–water partition coefficient (Wildman–Crippen LogP) is 0.642. The maximum absolute atomic E-state index is 10.5. The molecule has 0 bridgehead atoms. The van der Waals surface area contributed by atoms with Crippen LogP contribution in [0.5, 0.6) is 0 Å². The molecule has 0 aromatic heterocycles. The summed E-state index contributed by atoms with van der Waals surface area (Å²) in [6.45, 7) is 7.39. The van der Waals surface area contributed by atoms with Gasteiger partial charge < -0.3 is 9.64 Å². The van der Waals surface area contributed by atoms with Crippen LogP contribution < -0.4 is 0 Å². The molecule has 1 saturated heterocycles. The molecule has 1 aliphatic rings. The Bertz CT molecular complexity index is 156. The molecule has 1 fully saturated rings. The van der Waals surface area contributed by atoms with E-state index in [4.69, 9.17) is 4.74 Å². The molecule has 1 aliphatic heterocycles. The van der Waals surface area contributed by atoms with E-state index in [2.05, 4.69) is 0 Å². The molecular formula is C8H15NO2. The van der Waals surface area contributed by atoms with Crippen molar-refractivity contribution in [2.45, 2.75) is 32.5 Å². The highest BCUT2D eigenvalue weighted by Gasteiger charge is 2.30. The first kappa shape index (κ1) is 8.53. The fourth-order valence-corrected chi connectivity index (χ4v) is 1.58. The summed E-state index contributed by atoms with van der Waals surface area (Å²) in [7, 11) is 0. The van der Waals surface area contributed by atoms with Gasteiger partial charge in [-0.05, 0) is 20.8 Å². The zero-order valence-corrected chi connectivity index (χ0v) is 7.33. The molecule has 3 heteroatoms. The third-order valence-electron chi connectivity index (χ3n) is 1.74. The van der Waals surface area contributed by atoms with Gasteiger partial charge in [-0.15, -0.1) is 0 Å². The van der Waals surface area contributed by atoms with E-state index in [1.807, 2.05) is 20.8 Å². The SMILES string of the molecule is CC1CN(C=O)CC(C)(C)O1. The fraction of sp³-hybridized carbons (Fsp3) is 0.875. The summed E-state index contributed by atoms with van der Waals surface area (Å²) in [6.07, 6.45) is 1.05. The number of hydrogen-bond donors (Lipinski definition) is 0. The standard InChI is InChI=1S/C8H15NO2/c1-7-4-9(6-10)5-8(2,3)11-7/h6-7H,4-5H2,1-3H3. The number of rotatable bonds is 1. The molecule has 0 spiro atoms. The molecule has 1 heterocycles. The topological polar surface area (TPSA) is 29.5 Å². The van der Waals surface area contributed by atoms with Gasteiger partial charge in [0.25, 0.3) is 0 Å². The molecule has 0 saturated carbocycles. The van der Waals surface area contributed by atoms with Crippen molar-refractivity contribution in [3.8, 4) is 0 Å². The van der Waals surface area contributed by atoms with Crippen molar-refractivity contribution in [3.63, 3.8) is 0 Å². The average molecular weight is 157 g/mol. The summed E-state index contributed by atoms with van der Waals surface area (Å²) in [4.78, 5) is 12.2. The number of carbonyl (C=O) groups is 1. The van der Waals surface area contributed by atoms with Crippen LogP contribution in [0.3, 0.4) is 0 Å². The average Bonchev–Trinajstić information content (AvgIpc) is 1.83. The Morgan fingerprint density at radius 3 is 2.73 bits per heavy atom. The van der Waals surface area contributed by atoms with E-state index in [0.717, 1.165) is 6.41 Å². The number of carbonyl (C=O) groups excluding carboxylic acids is 1. The molecular weight excluding hydrogens is 142 g/mol. The minimum Gasteiger partial charge on any atom is -0.369 e. The monoisotopic (exact) mass is 157 g/mol. The third-order valence-corrected chi connectivity index (χ3v) is 1.74. The second-order valence-electron chi connectivity index (χ2n) is 3.72. The fourth-order valence-electron chi connectivity index (χ4n) is 1.58.